The average molecular weight is 292 g/mol. The van der Waals surface area contributed by atoms with Crippen molar-refractivity contribution in [1.29, 1.82) is 0 Å². The highest BCUT2D eigenvalue weighted by Crippen LogP contribution is 2.16. The Kier molecular flexibility index (Phi) is 5.56. The van der Waals surface area contributed by atoms with E-state index in [2.05, 4.69) is 30.5 Å². The number of rotatable bonds is 2. The summed E-state index contributed by atoms with van der Waals surface area (Å²) in [6, 6.07) is 20.3. The second-order valence-electron chi connectivity index (χ2n) is 5.85. The maximum atomic E-state index is 5.81. The van der Waals surface area contributed by atoms with Gasteiger partial charge in [-0.15, -0.1) is 0 Å². The molecular formula is C20H24N2. The van der Waals surface area contributed by atoms with E-state index < -0.39 is 0 Å². The minimum atomic E-state index is -0.0977. The van der Waals surface area contributed by atoms with Crippen LogP contribution in [0.25, 0.3) is 0 Å². The number of nitrogens with two attached hydrogens (primary N) is 1. The summed E-state index contributed by atoms with van der Waals surface area (Å²) in [4.78, 5) is 0. The van der Waals surface area contributed by atoms with Crippen LogP contribution in [0, 0.1) is 0 Å². The third-order valence-electron chi connectivity index (χ3n) is 3.43. The molecule has 3 rings (SSSR count). The standard InChI is InChI=1S/C12H11N.C8H13N/c1-3-7-11(8-4-1)13-12-9-5-2-6-10-12;1-7-3-5-8(2,9)6-4-7/h1-10,13H;3-5H,6,9H2,1-2H3. The summed E-state index contributed by atoms with van der Waals surface area (Å²) in [7, 11) is 0. The van der Waals surface area contributed by atoms with E-state index in [1.807, 2.05) is 67.6 Å². The highest BCUT2D eigenvalue weighted by atomic mass is 14.9. The zero-order valence-electron chi connectivity index (χ0n) is 13.3. The van der Waals surface area contributed by atoms with E-state index in [0.29, 0.717) is 0 Å². The van der Waals surface area contributed by atoms with Crippen LogP contribution in [0.4, 0.5) is 11.4 Å². The van der Waals surface area contributed by atoms with Crippen LogP contribution in [0.2, 0.25) is 0 Å². The molecule has 0 aromatic heterocycles. The summed E-state index contributed by atoms with van der Waals surface area (Å²) < 4.78 is 0. The van der Waals surface area contributed by atoms with Crippen LogP contribution >= 0.6 is 0 Å². The Labute approximate surface area is 133 Å². The minimum Gasteiger partial charge on any atom is -0.356 e. The molecule has 22 heavy (non-hydrogen) atoms. The molecule has 0 spiro atoms. The first-order valence-corrected chi connectivity index (χ1v) is 7.57. The van der Waals surface area contributed by atoms with Crippen molar-refractivity contribution in [1.82, 2.24) is 0 Å². The topological polar surface area (TPSA) is 38.0 Å². The lowest BCUT2D eigenvalue weighted by Gasteiger charge is -2.21. The maximum absolute atomic E-state index is 5.81. The maximum Gasteiger partial charge on any atom is 0.0384 e. The Morgan fingerprint density at radius 1 is 0.909 bits per heavy atom. The molecule has 0 heterocycles. The molecule has 0 fully saturated rings. The first kappa shape index (κ1) is 16.1. The van der Waals surface area contributed by atoms with Gasteiger partial charge in [-0.1, -0.05) is 60.2 Å². The molecule has 0 saturated heterocycles. The molecule has 0 bridgehead atoms. The third kappa shape index (κ3) is 5.58. The second kappa shape index (κ2) is 7.62. The van der Waals surface area contributed by atoms with Gasteiger partial charge in [-0.25, -0.2) is 0 Å². The Morgan fingerprint density at radius 3 is 1.77 bits per heavy atom. The van der Waals surface area contributed by atoms with Gasteiger partial charge in [0.1, 0.15) is 0 Å². The molecule has 1 unspecified atom stereocenters. The Morgan fingerprint density at radius 2 is 1.41 bits per heavy atom. The predicted molar refractivity (Wildman–Crippen MR) is 96.3 cm³/mol. The first-order valence-electron chi connectivity index (χ1n) is 7.57. The van der Waals surface area contributed by atoms with E-state index in [1.54, 1.807) is 0 Å². The van der Waals surface area contributed by atoms with E-state index in [9.17, 15) is 0 Å². The number of benzene rings is 2. The third-order valence-corrected chi connectivity index (χ3v) is 3.43. The molecule has 2 aromatic carbocycles. The van der Waals surface area contributed by atoms with Crippen molar-refractivity contribution in [2.24, 2.45) is 5.73 Å². The van der Waals surface area contributed by atoms with Crippen molar-refractivity contribution in [3.05, 3.63) is 84.5 Å². The fraction of sp³-hybridized carbons (Fsp3) is 0.200. The van der Waals surface area contributed by atoms with Gasteiger partial charge in [0.05, 0.1) is 0 Å². The van der Waals surface area contributed by atoms with Gasteiger partial charge in [0.2, 0.25) is 0 Å². The average Bonchev–Trinajstić information content (AvgIpc) is 2.53. The number of nitrogens with one attached hydrogen (secondary N) is 1. The summed E-state index contributed by atoms with van der Waals surface area (Å²) >= 11 is 0. The van der Waals surface area contributed by atoms with Gasteiger partial charge in [0, 0.05) is 16.9 Å². The monoisotopic (exact) mass is 292 g/mol. The lowest BCUT2D eigenvalue weighted by Crippen LogP contribution is -2.33. The molecule has 114 valence electrons. The van der Waals surface area contributed by atoms with Gasteiger partial charge >= 0.3 is 0 Å². The Balaban J connectivity index is 0.000000172. The summed E-state index contributed by atoms with van der Waals surface area (Å²) in [6.45, 7) is 4.12. The van der Waals surface area contributed by atoms with Crippen molar-refractivity contribution in [2.75, 3.05) is 5.32 Å². The molecule has 0 aliphatic heterocycles. The van der Waals surface area contributed by atoms with Crippen LogP contribution in [0.5, 0.6) is 0 Å². The lowest BCUT2D eigenvalue weighted by molar-refractivity contribution is 0.586. The Bertz CT molecular complexity index is 588. The van der Waals surface area contributed by atoms with Crippen LogP contribution in [-0.4, -0.2) is 5.54 Å². The van der Waals surface area contributed by atoms with Gasteiger partial charge in [-0.2, -0.15) is 0 Å². The van der Waals surface area contributed by atoms with Crippen molar-refractivity contribution in [3.63, 3.8) is 0 Å². The van der Waals surface area contributed by atoms with Crippen molar-refractivity contribution >= 4 is 11.4 Å². The van der Waals surface area contributed by atoms with E-state index in [-0.39, 0.29) is 5.54 Å². The van der Waals surface area contributed by atoms with E-state index in [4.69, 9.17) is 5.73 Å². The lowest BCUT2D eigenvalue weighted by atomic mass is 9.92. The van der Waals surface area contributed by atoms with Crippen LogP contribution in [0.15, 0.2) is 84.5 Å². The molecule has 3 N–H and O–H groups in total. The highest BCUT2D eigenvalue weighted by molar-refractivity contribution is 5.58. The van der Waals surface area contributed by atoms with Crippen molar-refractivity contribution in [2.45, 2.75) is 25.8 Å². The van der Waals surface area contributed by atoms with Crippen LogP contribution in [0.1, 0.15) is 20.3 Å². The smallest absolute Gasteiger partial charge is 0.0384 e. The molecule has 1 atom stereocenters. The number of para-hydroxylation sites is 2. The summed E-state index contributed by atoms with van der Waals surface area (Å²) in [6.07, 6.45) is 7.27. The zero-order valence-corrected chi connectivity index (χ0v) is 13.3. The quantitative estimate of drug-likeness (QED) is 0.813. The number of anilines is 2. The largest absolute Gasteiger partial charge is 0.356 e. The minimum absolute atomic E-state index is 0.0977. The molecular weight excluding hydrogens is 268 g/mol. The molecule has 0 amide bonds. The molecule has 1 aliphatic rings. The van der Waals surface area contributed by atoms with E-state index >= 15 is 0 Å². The first-order chi connectivity index (χ1) is 10.6. The van der Waals surface area contributed by atoms with Crippen molar-refractivity contribution < 1.29 is 0 Å². The number of hydrogen-bond acceptors (Lipinski definition) is 2. The molecule has 2 heteroatoms. The Hall–Kier alpha value is -2.32. The predicted octanol–water partition coefficient (Wildman–Crippen LogP) is 5.04. The van der Waals surface area contributed by atoms with Gasteiger partial charge in [-0.3, -0.25) is 0 Å². The summed E-state index contributed by atoms with van der Waals surface area (Å²) in [5, 5.41) is 3.30. The van der Waals surface area contributed by atoms with Crippen LogP contribution in [0.3, 0.4) is 0 Å². The fourth-order valence-electron chi connectivity index (χ4n) is 2.05. The van der Waals surface area contributed by atoms with E-state index in [1.165, 1.54) is 5.57 Å². The summed E-state index contributed by atoms with van der Waals surface area (Å²) in [5.41, 5.74) is 9.27. The normalized spacial score (nSPS) is 19.7. The molecule has 2 nitrogen and oxygen atoms in total. The zero-order chi connectivity index (χ0) is 15.8. The SMILES string of the molecule is CC1=CCC(C)(N)C=C1.c1ccc(Nc2ccccc2)cc1. The van der Waals surface area contributed by atoms with Crippen LogP contribution in [-0.2, 0) is 0 Å². The van der Waals surface area contributed by atoms with Gasteiger partial charge in [-0.05, 0) is 44.5 Å². The van der Waals surface area contributed by atoms with Gasteiger partial charge < -0.3 is 11.1 Å². The number of hydrogen-bond donors (Lipinski definition) is 2. The molecule has 0 radical (unpaired) electrons. The molecule has 0 saturated carbocycles. The highest BCUT2D eigenvalue weighted by Gasteiger charge is 2.14. The van der Waals surface area contributed by atoms with Gasteiger partial charge in [0.15, 0.2) is 0 Å². The summed E-state index contributed by atoms with van der Waals surface area (Å²) in [5.74, 6) is 0. The fourth-order valence-corrected chi connectivity index (χ4v) is 2.05. The van der Waals surface area contributed by atoms with Crippen LogP contribution < -0.4 is 11.1 Å². The second-order valence-corrected chi connectivity index (χ2v) is 5.85. The number of allylic oxidation sites excluding steroid dienone is 2. The van der Waals surface area contributed by atoms with E-state index in [0.717, 1.165) is 17.8 Å². The van der Waals surface area contributed by atoms with Crippen molar-refractivity contribution in [3.8, 4) is 0 Å². The molecule has 1 aliphatic carbocycles. The van der Waals surface area contributed by atoms with Gasteiger partial charge in [0.25, 0.3) is 0 Å². The molecule has 2 aromatic rings.